The molecule has 0 aliphatic heterocycles. The summed E-state index contributed by atoms with van der Waals surface area (Å²) in [5.41, 5.74) is -0.509. The van der Waals surface area contributed by atoms with Crippen molar-refractivity contribution in [2.45, 2.75) is 17.7 Å². The van der Waals surface area contributed by atoms with E-state index in [0.717, 1.165) is 18.7 Å². The Hall–Kier alpha value is -1.11. The lowest BCUT2D eigenvalue weighted by molar-refractivity contribution is 0.462. The van der Waals surface area contributed by atoms with Gasteiger partial charge in [0.15, 0.2) is 0 Å². The molecule has 0 saturated carbocycles. The van der Waals surface area contributed by atoms with Gasteiger partial charge in [0.25, 0.3) is 5.56 Å². The SMILES string of the molecule is C=CCCCN(C)S(=O)(=O)c1c[nH]c(=O)c(Cl)c1. The molecule has 0 fully saturated rings. The van der Waals surface area contributed by atoms with Gasteiger partial charge in [-0.1, -0.05) is 17.7 Å². The van der Waals surface area contributed by atoms with Gasteiger partial charge in [-0.05, 0) is 18.9 Å². The van der Waals surface area contributed by atoms with E-state index in [-0.39, 0.29) is 9.92 Å². The highest BCUT2D eigenvalue weighted by Gasteiger charge is 2.21. The summed E-state index contributed by atoms with van der Waals surface area (Å²) in [5, 5.41) is -0.143. The summed E-state index contributed by atoms with van der Waals surface area (Å²) in [7, 11) is -2.13. The number of hydrogen-bond acceptors (Lipinski definition) is 3. The van der Waals surface area contributed by atoms with Crippen molar-refractivity contribution in [2.75, 3.05) is 13.6 Å². The van der Waals surface area contributed by atoms with Crippen LogP contribution in [-0.4, -0.2) is 31.3 Å². The second kappa shape index (κ2) is 6.17. The van der Waals surface area contributed by atoms with Gasteiger partial charge in [0.05, 0.1) is 4.90 Å². The quantitative estimate of drug-likeness (QED) is 0.639. The van der Waals surface area contributed by atoms with E-state index in [2.05, 4.69) is 11.6 Å². The molecule has 0 saturated heterocycles. The lowest BCUT2D eigenvalue weighted by atomic mass is 10.3. The molecule has 0 spiro atoms. The number of nitrogens with one attached hydrogen (secondary N) is 1. The highest BCUT2D eigenvalue weighted by molar-refractivity contribution is 7.89. The third-order valence-electron chi connectivity index (χ3n) is 2.42. The fourth-order valence-corrected chi connectivity index (χ4v) is 2.79. The Balaban J connectivity index is 2.94. The van der Waals surface area contributed by atoms with Gasteiger partial charge in [0.1, 0.15) is 5.02 Å². The molecule has 1 aromatic rings. The van der Waals surface area contributed by atoms with Crippen LogP contribution in [0.2, 0.25) is 5.02 Å². The molecule has 0 aliphatic carbocycles. The zero-order valence-electron chi connectivity index (χ0n) is 10.0. The van der Waals surface area contributed by atoms with E-state index in [0.29, 0.717) is 13.0 Å². The maximum atomic E-state index is 12.1. The summed E-state index contributed by atoms with van der Waals surface area (Å²) in [5.74, 6) is 0. The maximum Gasteiger partial charge on any atom is 0.266 e. The molecule has 18 heavy (non-hydrogen) atoms. The van der Waals surface area contributed by atoms with Gasteiger partial charge < -0.3 is 4.98 Å². The molecule has 0 amide bonds. The number of nitrogens with zero attached hydrogens (tertiary/aromatic N) is 1. The molecule has 7 heteroatoms. The van der Waals surface area contributed by atoms with Crippen molar-refractivity contribution in [2.24, 2.45) is 0 Å². The summed E-state index contributed by atoms with van der Waals surface area (Å²) in [6, 6.07) is 1.15. The molecule has 1 N–H and O–H groups in total. The third-order valence-corrected chi connectivity index (χ3v) is 4.54. The van der Waals surface area contributed by atoms with Crippen LogP contribution in [0.3, 0.4) is 0 Å². The lowest BCUT2D eigenvalue weighted by Crippen LogP contribution is -2.28. The first-order valence-electron chi connectivity index (χ1n) is 5.35. The number of H-pyrrole nitrogens is 1. The van der Waals surface area contributed by atoms with Crippen LogP contribution in [0.5, 0.6) is 0 Å². The summed E-state index contributed by atoms with van der Waals surface area (Å²) >= 11 is 5.61. The molecular formula is C11H15ClN2O3S. The van der Waals surface area contributed by atoms with E-state index in [1.807, 2.05) is 0 Å². The molecule has 0 radical (unpaired) electrons. The molecule has 1 rings (SSSR count). The Bertz CT molecular complexity index is 580. The number of halogens is 1. The Morgan fingerprint density at radius 2 is 2.22 bits per heavy atom. The Morgan fingerprint density at radius 3 is 2.78 bits per heavy atom. The minimum absolute atomic E-state index is 0.0202. The van der Waals surface area contributed by atoms with Gasteiger partial charge in [-0.25, -0.2) is 12.7 Å². The molecule has 100 valence electrons. The summed E-state index contributed by atoms with van der Waals surface area (Å²) in [4.78, 5) is 13.3. The first-order valence-corrected chi connectivity index (χ1v) is 7.17. The molecule has 1 heterocycles. The predicted molar refractivity (Wildman–Crippen MR) is 71.3 cm³/mol. The Labute approximate surface area is 111 Å². The molecule has 0 unspecified atom stereocenters. The molecule has 0 aliphatic rings. The van der Waals surface area contributed by atoms with Crippen LogP contribution in [0.25, 0.3) is 0 Å². The van der Waals surface area contributed by atoms with Crippen LogP contribution in [0.1, 0.15) is 12.8 Å². The van der Waals surface area contributed by atoms with Crippen LogP contribution in [0.4, 0.5) is 0 Å². The number of hydrogen-bond donors (Lipinski definition) is 1. The van der Waals surface area contributed by atoms with Crippen LogP contribution in [0.15, 0.2) is 34.6 Å². The second-order valence-corrected chi connectivity index (χ2v) is 6.22. The zero-order valence-corrected chi connectivity index (χ0v) is 11.6. The fourth-order valence-electron chi connectivity index (χ4n) is 1.35. The van der Waals surface area contributed by atoms with E-state index in [1.165, 1.54) is 11.4 Å². The maximum absolute atomic E-state index is 12.1. The van der Waals surface area contributed by atoms with Crippen molar-refractivity contribution in [3.63, 3.8) is 0 Å². The van der Waals surface area contributed by atoms with E-state index in [9.17, 15) is 13.2 Å². The topological polar surface area (TPSA) is 70.2 Å². The number of allylic oxidation sites excluding steroid dienone is 1. The van der Waals surface area contributed by atoms with Crippen molar-refractivity contribution < 1.29 is 8.42 Å². The monoisotopic (exact) mass is 290 g/mol. The Morgan fingerprint density at radius 1 is 1.56 bits per heavy atom. The van der Waals surface area contributed by atoms with Gasteiger partial charge in [0, 0.05) is 19.8 Å². The molecule has 0 atom stereocenters. The molecule has 5 nitrogen and oxygen atoms in total. The largest absolute Gasteiger partial charge is 0.326 e. The number of aromatic nitrogens is 1. The van der Waals surface area contributed by atoms with Gasteiger partial charge in [-0.3, -0.25) is 4.79 Å². The number of sulfonamides is 1. The summed E-state index contributed by atoms with van der Waals surface area (Å²) < 4.78 is 25.4. The van der Waals surface area contributed by atoms with Crippen LogP contribution in [0, 0.1) is 0 Å². The van der Waals surface area contributed by atoms with E-state index in [1.54, 1.807) is 6.08 Å². The van der Waals surface area contributed by atoms with Crippen molar-refractivity contribution in [3.05, 3.63) is 40.3 Å². The lowest BCUT2D eigenvalue weighted by Gasteiger charge is -2.16. The van der Waals surface area contributed by atoms with Gasteiger partial charge in [-0.2, -0.15) is 0 Å². The minimum atomic E-state index is -3.61. The third kappa shape index (κ3) is 3.44. The van der Waals surface area contributed by atoms with Crippen molar-refractivity contribution >= 4 is 21.6 Å². The van der Waals surface area contributed by atoms with Gasteiger partial charge in [-0.15, -0.1) is 6.58 Å². The number of pyridine rings is 1. The van der Waals surface area contributed by atoms with Crippen LogP contribution < -0.4 is 5.56 Å². The van der Waals surface area contributed by atoms with Crippen molar-refractivity contribution in [3.8, 4) is 0 Å². The summed E-state index contributed by atoms with van der Waals surface area (Å²) in [6.45, 7) is 3.95. The highest BCUT2D eigenvalue weighted by Crippen LogP contribution is 2.15. The number of rotatable bonds is 6. The standard InChI is InChI=1S/C11H15ClN2O3S/c1-3-4-5-6-14(2)18(16,17)9-7-10(12)11(15)13-8-9/h3,7-8H,1,4-6H2,2H3,(H,13,15). The van der Waals surface area contributed by atoms with Gasteiger partial charge >= 0.3 is 0 Å². The smallest absolute Gasteiger partial charge is 0.266 e. The molecule has 1 aromatic heterocycles. The zero-order chi connectivity index (χ0) is 13.8. The number of unbranched alkanes of at least 4 members (excludes halogenated alkanes) is 1. The first kappa shape index (κ1) is 14.9. The Kier molecular flexibility index (Phi) is 5.13. The van der Waals surface area contributed by atoms with E-state index in [4.69, 9.17) is 11.6 Å². The second-order valence-electron chi connectivity index (χ2n) is 3.77. The van der Waals surface area contributed by atoms with Crippen molar-refractivity contribution in [1.82, 2.24) is 9.29 Å². The number of aromatic amines is 1. The van der Waals surface area contributed by atoms with Crippen LogP contribution >= 0.6 is 11.6 Å². The van der Waals surface area contributed by atoms with Crippen LogP contribution in [-0.2, 0) is 10.0 Å². The average molecular weight is 291 g/mol. The normalized spacial score (nSPS) is 11.7. The van der Waals surface area contributed by atoms with E-state index >= 15 is 0 Å². The fraction of sp³-hybridized carbons (Fsp3) is 0.364. The van der Waals surface area contributed by atoms with E-state index < -0.39 is 15.6 Å². The predicted octanol–water partition coefficient (Wildman–Crippen LogP) is 1.62. The van der Waals surface area contributed by atoms with Gasteiger partial charge in [0.2, 0.25) is 10.0 Å². The molecular weight excluding hydrogens is 276 g/mol. The van der Waals surface area contributed by atoms with Crippen molar-refractivity contribution in [1.29, 1.82) is 0 Å². The highest BCUT2D eigenvalue weighted by atomic mass is 35.5. The minimum Gasteiger partial charge on any atom is -0.326 e. The molecule has 0 aromatic carbocycles. The average Bonchev–Trinajstić information content (AvgIpc) is 2.32. The molecule has 0 bridgehead atoms. The first-order chi connectivity index (χ1) is 8.39. The summed E-state index contributed by atoms with van der Waals surface area (Å²) in [6.07, 6.45) is 4.31.